The van der Waals surface area contributed by atoms with Crippen molar-refractivity contribution in [3.8, 4) is 5.75 Å². The first-order valence-electron chi connectivity index (χ1n) is 5.83. The highest BCUT2D eigenvalue weighted by Crippen LogP contribution is 2.19. The molecule has 0 saturated heterocycles. The number of aliphatic hydroxyl groups is 1. The lowest BCUT2D eigenvalue weighted by Gasteiger charge is -2.22. The average molecular weight is 253 g/mol. The normalized spacial score (nSPS) is 12.4. The lowest BCUT2D eigenvalue weighted by molar-refractivity contribution is -0.138. The summed E-state index contributed by atoms with van der Waals surface area (Å²) in [6, 6.07) is 7.14. The van der Waals surface area contributed by atoms with Gasteiger partial charge in [0.1, 0.15) is 5.75 Å². The molecule has 0 aromatic heterocycles. The first-order chi connectivity index (χ1) is 8.56. The number of ether oxygens (including phenoxy) is 1. The molecule has 18 heavy (non-hydrogen) atoms. The molecular weight excluding hydrogens is 234 g/mol. The van der Waals surface area contributed by atoms with E-state index in [4.69, 9.17) is 9.84 Å². The maximum absolute atomic E-state index is 10.6. The number of hydrogen-bond donors (Lipinski definition) is 2. The number of aliphatic carboxylic acids is 1. The first kappa shape index (κ1) is 14.5. The first-order valence-corrected chi connectivity index (χ1v) is 5.83. The Morgan fingerprint density at radius 3 is 2.78 bits per heavy atom. The molecule has 5 heteroatoms. The fourth-order valence-electron chi connectivity index (χ4n) is 1.70. The van der Waals surface area contributed by atoms with Crippen molar-refractivity contribution < 1.29 is 19.7 Å². The van der Waals surface area contributed by atoms with Gasteiger partial charge in [-0.25, -0.2) is 0 Å². The summed E-state index contributed by atoms with van der Waals surface area (Å²) in [4.78, 5) is 12.3. The Morgan fingerprint density at radius 1 is 1.50 bits per heavy atom. The Morgan fingerprint density at radius 2 is 2.22 bits per heavy atom. The standard InChI is InChI=1S/C13H19NO4/c1-3-14(9-13(16)17)8-12(15)10-5-4-6-11(7-10)18-2/h4-7,12,15H,3,8-9H2,1-2H3,(H,16,17). The summed E-state index contributed by atoms with van der Waals surface area (Å²) in [7, 11) is 1.56. The minimum atomic E-state index is -0.894. The largest absolute Gasteiger partial charge is 0.497 e. The van der Waals surface area contributed by atoms with Crippen LogP contribution in [0.5, 0.6) is 5.75 Å². The third-order valence-corrected chi connectivity index (χ3v) is 2.72. The molecule has 0 aliphatic carbocycles. The second-order valence-corrected chi connectivity index (χ2v) is 4.01. The second kappa shape index (κ2) is 6.98. The van der Waals surface area contributed by atoms with Crippen LogP contribution < -0.4 is 4.74 Å². The van der Waals surface area contributed by atoms with Crippen LogP contribution in [0.2, 0.25) is 0 Å². The SMILES string of the molecule is CCN(CC(=O)O)CC(O)c1cccc(OC)c1. The molecule has 100 valence electrons. The Balaban J connectivity index is 2.67. The molecule has 0 fully saturated rings. The van der Waals surface area contributed by atoms with Gasteiger partial charge in [0.2, 0.25) is 0 Å². The van der Waals surface area contributed by atoms with Gasteiger partial charge in [-0.3, -0.25) is 9.69 Å². The maximum Gasteiger partial charge on any atom is 0.317 e. The number of methoxy groups -OCH3 is 1. The van der Waals surface area contributed by atoms with Gasteiger partial charge in [-0.05, 0) is 24.2 Å². The van der Waals surface area contributed by atoms with E-state index in [1.165, 1.54) is 0 Å². The number of benzene rings is 1. The number of rotatable bonds is 7. The Kier molecular flexibility index (Phi) is 5.61. The number of likely N-dealkylation sites (N-methyl/N-ethyl adjacent to an activating group) is 1. The van der Waals surface area contributed by atoms with Crippen molar-refractivity contribution in [1.29, 1.82) is 0 Å². The summed E-state index contributed by atoms with van der Waals surface area (Å²) < 4.78 is 5.08. The molecule has 0 amide bonds. The summed E-state index contributed by atoms with van der Waals surface area (Å²) in [5.41, 5.74) is 0.721. The highest BCUT2D eigenvalue weighted by molar-refractivity contribution is 5.69. The summed E-state index contributed by atoms with van der Waals surface area (Å²) in [6.07, 6.45) is -0.723. The minimum Gasteiger partial charge on any atom is -0.497 e. The maximum atomic E-state index is 10.6. The predicted molar refractivity (Wildman–Crippen MR) is 67.7 cm³/mol. The van der Waals surface area contributed by atoms with Crippen molar-refractivity contribution in [1.82, 2.24) is 4.90 Å². The van der Waals surface area contributed by atoms with E-state index < -0.39 is 12.1 Å². The zero-order valence-electron chi connectivity index (χ0n) is 10.7. The van der Waals surface area contributed by atoms with E-state index in [-0.39, 0.29) is 13.1 Å². The van der Waals surface area contributed by atoms with E-state index in [0.717, 1.165) is 5.56 Å². The van der Waals surface area contributed by atoms with Gasteiger partial charge >= 0.3 is 5.97 Å². The van der Waals surface area contributed by atoms with Crippen LogP contribution in [-0.4, -0.2) is 47.8 Å². The van der Waals surface area contributed by atoms with Gasteiger partial charge < -0.3 is 14.9 Å². The smallest absolute Gasteiger partial charge is 0.317 e. The number of carbonyl (C=O) groups is 1. The molecule has 1 aromatic rings. The van der Waals surface area contributed by atoms with Crippen LogP contribution in [0.3, 0.4) is 0 Å². The molecule has 1 atom stereocenters. The van der Waals surface area contributed by atoms with Crippen molar-refractivity contribution in [2.24, 2.45) is 0 Å². The summed E-state index contributed by atoms with van der Waals surface area (Å²) >= 11 is 0. The number of aliphatic hydroxyl groups excluding tert-OH is 1. The third-order valence-electron chi connectivity index (χ3n) is 2.72. The third kappa shape index (κ3) is 4.35. The molecule has 1 unspecified atom stereocenters. The lowest BCUT2D eigenvalue weighted by Crippen LogP contribution is -2.33. The molecule has 0 bridgehead atoms. The molecule has 1 aromatic carbocycles. The molecule has 5 nitrogen and oxygen atoms in total. The lowest BCUT2D eigenvalue weighted by atomic mass is 10.1. The van der Waals surface area contributed by atoms with E-state index in [1.807, 2.05) is 6.92 Å². The van der Waals surface area contributed by atoms with Gasteiger partial charge in [0.25, 0.3) is 0 Å². The van der Waals surface area contributed by atoms with Gasteiger partial charge in [0.15, 0.2) is 0 Å². The van der Waals surface area contributed by atoms with E-state index in [1.54, 1.807) is 36.3 Å². The topological polar surface area (TPSA) is 70.0 Å². The van der Waals surface area contributed by atoms with Crippen molar-refractivity contribution >= 4 is 5.97 Å². The summed E-state index contributed by atoms with van der Waals surface area (Å²) in [6.45, 7) is 2.65. The molecule has 0 heterocycles. The van der Waals surface area contributed by atoms with Crippen molar-refractivity contribution in [2.45, 2.75) is 13.0 Å². The minimum absolute atomic E-state index is 0.0719. The van der Waals surface area contributed by atoms with E-state index in [9.17, 15) is 9.90 Å². The molecule has 0 aliphatic heterocycles. The predicted octanol–water partition coefficient (Wildman–Crippen LogP) is 1.14. The second-order valence-electron chi connectivity index (χ2n) is 4.01. The fourth-order valence-corrected chi connectivity index (χ4v) is 1.70. The molecule has 0 spiro atoms. The van der Waals surface area contributed by atoms with Crippen LogP contribution in [0.4, 0.5) is 0 Å². The molecule has 2 N–H and O–H groups in total. The van der Waals surface area contributed by atoms with Gasteiger partial charge in [-0.2, -0.15) is 0 Å². The van der Waals surface area contributed by atoms with E-state index in [0.29, 0.717) is 12.3 Å². The Bertz CT molecular complexity index is 394. The van der Waals surface area contributed by atoms with Crippen LogP contribution in [0.1, 0.15) is 18.6 Å². The Hall–Kier alpha value is -1.59. The number of carboxylic acid groups (broad SMARTS) is 1. The molecule has 0 saturated carbocycles. The molecular formula is C13H19NO4. The summed E-state index contributed by atoms with van der Waals surface area (Å²) in [5, 5.41) is 18.8. The highest BCUT2D eigenvalue weighted by Gasteiger charge is 2.15. The zero-order valence-corrected chi connectivity index (χ0v) is 10.7. The average Bonchev–Trinajstić information content (AvgIpc) is 2.37. The number of nitrogens with zero attached hydrogens (tertiary/aromatic N) is 1. The Labute approximate surface area is 107 Å². The van der Waals surface area contributed by atoms with Crippen molar-refractivity contribution in [3.63, 3.8) is 0 Å². The van der Waals surface area contributed by atoms with Gasteiger partial charge in [0.05, 0.1) is 19.8 Å². The molecule has 0 aliphatic rings. The van der Waals surface area contributed by atoms with Crippen LogP contribution in [0.25, 0.3) is 0 Å². The monoisotopic (exact) mass is 253 g/mol. The van der Waals surface area contributed by atoms with Crippen LogP contribution in [-0.2, 0) is 4.79 Å². The van der Waals surface area contributed by atoms with E-state index >= 15 is 0 Å². The molecule has 1 rings (SSSR count). The van der Waals surface area contributed by atoms with Gasteiger partial charge in [-0.15, -0.1) is 0 Å². The molecule has 0 radical (unpaired) electrons. The van der Waals surface area contributed by atoms with Crippen LogP contribution >= 0.6 is 0 Å². The number of hydrogen-bond acceptors (Lipinski definition) is 4. The highest BCUT2D eigenvalue weighted by atomic mass is 16.5. The van der Waals surface area contributed by atoms with Crippen molar-refractivity contribution in [3.05, 3.63) is 29.8 Å². The van der Waals surface area contributed by atoms with E-state index in [2.05, 4.69) is 0 Å². The zero-order chi connectivity index (χ0) is 13.5. The van der Waals surface area contributed by atoms with Crippen molar-refractivity contribution in [2.75, 3.05) is 26.7 Å². The fraction of sp³-hybridized carbons (Fsp3) is 0.462. The number of carboxylic acids is 1. The quantitative estimate of drug-likeness (QED) is 0.762. The summed E-state index contributed by atoms with van der Waals surface area (Å²) in [5.74, 6) is -0.220. The van der Waals surface area contributed by atoms with Gasteiger partial charge in [-0.1, -0.05) is 19.1 Å². The van der Waals surface area contributed by atoms with Crippen LogP contribution in [0.15, 0.2) is 24.3 Å². The van der Waals surface area contributed by atoms with Crippen LogP contribution in [0, 0.1) is 0 Å². The van der Waals surface area contributed by atoms with Gasteiger partial charge in [0, 0.05) is 6.54 Å².